The van der Waals surface area contributed by atoms with Crippen LogP contribution in [0.15, 0.2) is 18.2 Å². The SMILES string of the molecule is COc1ccc(-c2nn([C@H]3CC(=O)[C@@H]4OC[C@H]3O4)c(=S)n2C)cc1OC. The Morgan fingerprint density at radius 1 is 1.27 bits per heavy atom. The van der Waals surface area contributed by atoms with E-state index in [-0.39, 0.29) is 17.9 Å². The minimum absolute atomic E-state index is 0.0797. The van der Waals surface area contributed by atoms with Gasteiger partial charge in [-0.1, -0.05) is 0 Å². The van der Waals surface area contributed by atoms with Crippen LogP contribution >= 0.6 is 12.2 Å². The van der Waals surface area contributed by atoms with Gasteiger partial charge >= 0.3 is 0 Å². The summed E-state index contributed by atoms with van der Waals surface area (Å²) < 4.78 is 25.7. The van der Waals surface area contributed by atoms with Gasteiger partial charge in [-0.05, 0) is 30.4 Å². The lowest BCUT2D eigenvalue weighted by Crippen LogP contribution is -2.37. The number of hydrogen-bond acceptors (Lipinski definition) is 7. The molecule has 4 rings (SSSR count). The highest BCUT2D eigenvalue weighted by Gasteiger charge is 2.45. The highest BCUT2D eigenvalue weighted by atomic mass is 32.1. The molecule has 2 saturated heterocycles. The van der Waals surface area contributed by atoms with Gasteiger partial charge in [0, 0.05) is 19.0 Å². The third-order valence-corrected chi connectivity index (χ3v) is 5.23. The summed E-state index contributed by atoms with van der Waals surface area (Å²) >= 11 is 5.56. The summed E-state index contributed by atoms with van der Waals surface area (Å²) in [5.74, 6) is 1.83. The van der Waals surface area contributed by atoms with Crippen molar-refractivity contribution in [3.05, 3.63) is 23.0 Å². The van der Waals surface area contributed by atoms with E-state index in [1.807, 2.05) is 29.8 Å². The lowest BCUT2D eigenvalue weighted by atomic mass is 10.0. The maximum Gasteiger partial charge on any atom is 0.218 e. The summed E-state index contributed by atoms with van der Waals surface area (Å²) in [7, 11) is 5.02. The van der Waals surface area contributed by atoms with Gasteiger partial charge in [-0.3, -0.25) is 4.79 Å². The van der Waals surface area contributed by atoms with Crippen molar-refractivity contribution in [1.29, 1.82) is 0 Å². The van der Waals surface area contributed by atoms with E-state index >= 15 is 0 Å². The van der Waals surface area contributed by atoms with E-state index in [2.05, 4.69) is 5.10 Å². The second-order valence-corrected chi connectivity index (χ2v) is 6.62. The lowest BCUT2D eigenvalue weighted by molar-refractivity contribution is -0.156. The second kappa shape index (κ2) is 6.49. The van der Waals surface area contributed by atoms with Crippen LogP contribution in [0, 0.1) is 4.77 Å². The Kier molecular flexibility index (Phi) is 4.29. The molecule has 0 N–H and O–H groups in total. The summed E-state index contributed by atoms with van der Waals surface area (Å²) in [5, 5.41) is 4.68. The van der Waals surface area contributed by atoms with Crippen LogP contribution in [-0.2, 0) is 21.3 Å². The summed E-state index contributed by atoms with van der Waals surface area (Å²) in [6.45, 7) is 0.366. The molecular formula is C17H19N3O5S. The number of ether oxygens (including phenoxy) is 4. The van der Waals surface area contributed by atoms with Gasteiger partial charge in [-0.2, -0.15) is 5.10 Å². The fraction of sp³-hybridized carbons (Fsp3) is 0.471. The molecule has 2 aliphatic rings. The molecule has 3 heterocycles. The van der Waals surface area contributed by atoms with Crippen molar-refractivity contribution in [2.45, 2.75) is 24.9 Å². The molecular weight excluding hydrogens is 358 g/mol. The average Bonchev–Trinajstić information content (AvgIpc) is 3.21. The Morgan fingerprint density at radius 2 is 2.04 bits per heavy atom. The number of Topliss-reactive ketones (excluding diaryl/α,β-unsaturated/α-hetero) is 1. The Morgan fingerprint density at radius 3 is 2.77 bits per heavy atom. The molecule has 2 bridgehead atoms. The van der Waals surface area contributed by atoms with Crippen LogP contribution in [-0.4, -0.2) is 53.4 Å². The molecule has 2 fully saturated rings. The van der Waals surface area contributed by atoms with Gasteiger partial charge < -0.3 is 23.5 Å². The number of rotatable bonds is 4. The van der Waals surface area contributed by atoms with E-state index in [0.717, 1.165) is 5.56 Å². The quantitative estimate of drug-likeness (QED) is 0.753. The first-order valence-corrected chi connectivity index (χ1v) is 8.62. The number of ketones is 1. The lowest BCUT2D eigenvalue weighted by Gasteiger charge is -2.26. The molecule has 0 radical (unpaired) electrons. The largest absolute Gasteiger partial charge is 0.493 e. The normalized spacial score (nSPS) is 24.7. The smallest absolute Gasteiger partial charge is 0.218 e. The summed E-state index contributed by atoms with van der Waals surface area (Å²) in [5.41, 5.74) is 0.832. The molecule has 9 heteroatoms. The van der Waals surface area contributed by atoms with E-state index in [0.29, 0.717) is 35.1 Å². The summed E-state index contributed by atoms with van der Waals surface area (Å²) in [6.07, 6.45) is -0.663. The standard InChI is InChI=1S/C17H19N3O5S/c1-19-15(9-4-5-12(22-2)13(6-9)23-3)18-20(17(19)26)10-7-11(21)16-24-8-14(10)25-16/h4-6,10,14,16H,7-8H2,1-3H3/t10-,14+,16+/m0/s1. The first-order chi connectivity index (χ1) is 12.5. The van der Waals surface area contributed by atoms with E-state index in [9.17, 15) is 4.79 Å². The van der Waals surface area contributed by atoms with Crippen molar-refractivity contribution in [1.82, 2.24) is 14.3 Å². The van der Waals surface area contributed by atoms with Crippen LogP contribution < -0.4 is 9.47 Å². The van der Waals surface area contributed by atoms with Crippen LogP contribution in [0.2, 0.25) is 0 Å². The van der Waals surface area contributed by atoms with Gasteiger partial charge in [-0.15, -0.1) is 0 Å². The highest BCUT2D eigenvalue weighted by Crippen LogP contribution is 2.35. The van der Waals surface area contributed by atoms with Crippen LogP contribution in [0.25, 0.3) is 11.4 Å². The minimum atomic E-state index is -0.737. The topological polar surface area (TPSA) is 76.7 Å². The Bertz CT molecular complexity index is 922. The average molecular weight is 377 g/mol. The summed E-state index contributed by atoms with van der Waals surface area (Å²) in [4.78, 5) is 12.1. The number of carbonyl (C=O) groups is 1. The number of carbonyl (C=O) groups excluding carboxylic acids is 1. The first-order valence-electron chi connectivity index (χ1n) is 8.21. The zero-order valence-corrected chi connectivity index (χ0v) is 15.5. The van der Waals surface area contributed by atoms with Gasteiger partial charge in [0.15, 0.2) is 27.9 Å². The first kappa shape index (κ1) is 17.2. The number of methoxy groups -OCH3 is 2. The van der Waals surface area contributed by atoms with E-state index in [1.165, 1.54) is 0 Å². The van der Waals surface area contributed by atoms with E-state index in [1.54, 1.807) is 18.9 Å². The second-order valence-electron chi connectivity index (χ2n) is 6.26. The molecule has 2 aliphatic heterocycles. The molecule has 0 amide bonds. The zero-order valence-electron chi connectivity index (χ0n) is 14.7. The number of benzene rings is 1. The third-order valence-electron chi connectivity index (χ3n) is 4.77. The highest BCUT2D eigenvalue weighted by molar-refractivity contribution is 7.71. The van der Waals surface area contributed by atoms with Gasteiger partial charge in [-0.25, -0.2) is 4.68 Å². The Labute approximate surface area is 155 Å². The minimum Gasteiger partial charge on any atom is -0.493 e. The monoisotopic (exact) mass is 377 g/mol. The van der Waals surface area contributed by atoms with Crippen molar-refractivity contribution in [2.24, 2.45) is 7.05 Å². The van der Waals surface area contributed by atoms with Gasteiger partial charge in [0.1, 0.15) is 6.10 Å². The van der Waals surface area contributed by atoms with Crippen LogP contribution in [0.4, 0.5) is 0 Å². The molecule has 1 aromatic heterocycles. The van der Waals surface area contributed by atoms with Gasteiger partial charge in [0.2, 0.25) is 6.29 Å². The van der Waals surface area contributed by atoms with Crippen LogP contribution in [0.1, 0.15) is 12.5 Å². The van der Waals surface area contributed by atoms with E-state index in [4.69, 9.17) is 31.2 Å². The fourth-order valence-corrected chi connectivity index (χ4v) is 3.63. The molecule has 2 aromatic rings. The molecule has 1 aromatic carbocycles. The predicted octanol–water partition coefficient (Wildman–Crippen LogP) is 1.89. The molecule has 0 spiro atoms. The zero-order chi connectivity index (χ0) is 18.4. The Balaban J connectivity index is 1.75. The number of aromatic nitrogens is 3. The predicted molar refractivity (Wildman–Crippen MR) is 93.8 cm³/mol. The molecule has 26 heavy (non-hydrogen) atoms. The van der Waals surface area contributed by atoms with Crippen LogP contribution in [0.5, 0.6) is 11.5 Å². The molecule has 0 saturated carbocycles. The fourth-order valence-electron chi connectivity index (χ4n) is 3.37. The number of nitrogens with zero attached hydrogens (tertiary/aromatic N) is 3. The maximum absolute atomic E-state index is 12.1. The van der Waals surface area contributed by atoms with Crippen molar-refractivity contribution < 1.29 is 23.7 Å². The molecule has 8 nitrogen and oxygen atoms in total. The number of fused-ring (bicyclic) bond motifs is 2. The van der Waals surface area contributed by atoms with Crippen molar-refractivity contribution in [3.8, 4) is 22.9 Å². The van der Waals surface area contributed by atoms with Crippen molar-refractivity contribution in [3.63, 3.8) is 0 Å². The molecule has 3 atom stereocenters. The molecule has 0 unspecified atom stereocenters. The third kappa shape index (κ3) is 2.63. The van der Waals surface area contributed by atoms with E-state index < -0.39 is 6.29 Å². The maximum atomic E-state index is 12.1. The van der Waals surface area contributed by atoms with Crippen LogP contribution in [0.3, 0.4) is 0 Å². The van der Waals surface area contributed by atoms with Crippen molar-refractivity contribution >= 4 is 18.0 Å². The summed E-state index contributed by atoms with van der Waals surface area (Å²) in [6, 6.07) is 5.28. The molecule has 0 aliphatic carbocycles. The molecule has 138 valence electrons. The van der Waals surface area contributed by atoms with Gasteiger partial charge in [0.25, 0.3) is 0 Å². The van der Waals surface area contributed by atoms with Gasteiger partial charge in [0.05, 0.1) is 26.9 Å². The number of hydrogen-bond donors (Lipinski definition) is 0. The Hall–Kier alpha value is -2.23. The van der Waals surface area contributed by atoms with Crippen molar-refractivity contribution in [2.75, 3.05) is 20.8 Å².